The Morgan fingerprint density at radius 1 is 1.08 bits per heavy atom. The SMILES string of the molecule is CCOc1ccc(-n2c(SCC(=O)Nc3ccc(S(N)(=O)=O)cc3)nnc2-c2cccc(Cl)c2)cc1. The van der Waals surface area contributed by atoms with Gasteiger partial charge in [0, 0.05) is 22.0 Å². The monoisotopic (exact) mass is 543 g/mol. The number of hydrogen-bond donors (Lipinski definition) is 2. The van der Waals surface area contributed by atoms with Crippen molar-refractivity contribution >= 4 is 45.0 Å². The van der Waals surface area contributed by atoms with Gasteiger partial charge < -0.3 is 10.1 Å². The molecule has 4 aromatic rings. The molecule has 0 spiro atoms. The number of hydrogen-bond acceptors (Lipinski definition) is 7. The predicted molar refractivity (Wildman–Crippen MR) is 140 cm³/mol. The zero-order valence-electron chi connectivity index (χ0n) is 19.1. The summed E-state index contributed by atoms with van der Waals surface area (Å²) in [6, 6.07) is 20.4. The van der Waals surface area contributed by atoms with Crippen LogP contribution in [0.4, 0.5) is 5.69 Å². The van der Waals surface area contributed by atoms with Gasteiger partial charge >= 0.3 is 0 Å². The second-order valence-corrected chi connectivity index (χ2v) is 10.4. The summed E-state index contributed by atoms with van der Waals surface area (Å²) in [7, 11) is -3.81. The van der Waals surface area contributed by atoms with E-state index in [-0.39, 0.29) is 16.6 Å². The Hall–Kier alpha value is -3.38. The van der Waals surface area contributed by atoms with E-state index in [1.807, 2.05) is 47.9 Å². The first-order valence-electron chi connectivity index (χ1n) is 10.7. The molecule has 186 valence electrons. The van der Waals surface area contributed by atoms with E-state index in [0.717, 1.165) is 17.0 Å². The molecule has 3 N–H and O–H groups in total. The molecule has 4 rings (SSSR count). The molecule has 0 aliphatic rings. The maximum atomic E-state index is 12.6. The van der Waals surface area contributed by atoms with Gasteiger partial charge in [0.2, 0.25) is 15.9 Å². The number of rotatable bonds is 9. The van der Waals surface area contributed by atoms with Crippen molar-refractivity contribution < 1.29 is 17.9 Å². The van der Waals surface area contributed by atoms with Crippen molar-refractivity contribution in [2.75, 3.05) is 17.7 Å². The van der Waals surface area contributed by atoms with Gasteiger partial charge in [0.1, 0.15) is 5.75 Å². The lowest BCUT2D eigenvalue weighted by molar-refractivity contribution is -0.113. The zero-order valence-corrected chi connectivity index (χ0v) is 21.5. The normalized spacial score (nSPS) is 11.3. The van der Waals surface area contributed by atoms with Crippen molar-refractivity contribution in [3.8, 4) is 22.8 Å². The minimum Gasteiger partial charge on any atom is -0.494 e. The fourth-order valence-electron chi connectivity index (χ4n) is 3.32. The fourth-order valence-corrected chi connectivity index (χ4v) is 4.78. The number of benzene rings is 3. The molecule has 0 unspecified atom stereocenters. The quantitative estimate of drug-likeness (QED) is 0.300. The van der Waals surface area contributed by atoms with Crippen LogP contribution in [0.5, 0.6) is 5.75 Å². The Labute approximate surface area is 217 Å². The molecular weight excluding hydrogens is 522 g/mol. The van der Waals surface area contributed by atoms with E-state index in [1.165, 1.54) is 36.0 Å². The summed E-state index contributed by atoms with van der Waals surface area (Å²) in [5, 5.41) is 17.6. The van der Waals surface area contributed by atoms with Crippen molar-refractivity contribution in [1.82, 2.24) is 14.8 Å². The van der Waals surface area contributed by atoms with Gasteiger partial charge in [0.25, 0.3) is 0 Å². The lowest BCUT2D eigenvalue weighted by Crippen LogP contribution is -2.15. The van der Waals surface area contributed by atoms with Gasteiger partial charge in [-0.3, -0.25) is 9.36 Å². The van der Waals surface area contributed by atoms with Crippen LogP contribution < -0.4 is 15.2 Å². The molecule has 0 radical (unpaired) electrons. The van der Waals surface area contributed by atoms with E-state index in [4.69, 9.17) is 21.5 Å². The number of amides is 1. The fraction of sp³-hybridized carbons (Fsp3) is 0.125. The van der Waals surface area contributed by atoms with Crippen LogP contribution in [0.25, 0.3) is 17.1 Å². The van der Waals surface area contributed by atoms with Crippen LogP contribution in [0.2, 0.25) is 5.02 Å². The maximum absolute atomic E-state index is 12.6. The Balaban J connectivity index is 1.56. The third-order valence-electron chi connectivity index (χ3n) is 4.92. The largest absolute Gasteiger partial charge is 0.494 e. The molecule has 0 aliphatic carbocycles. The van der Waals surface area contributed by atoms with E-state index in [0.29, 0.717) is 28.3 Å². The molecule has 0 aliphatic heterocycles. The molecule has 3 aromatic carbocycles. The maximum Gasteiger partial charge on any atom is 0.238 e. The average Bonchev–Trinajstić information content (AvgIpc) is 3.27. The molecule has 0 atom stereocenters. The molecule has 0 bridgehead atoms. The third-order valence-corrected chi connectivity index (χ3v) is 7.01. The van der Waals surface area contributed by atoms with E-state index < -0.39 is 10.0 Å². The van der Waals surface area contributed by atoms with Crippen molar-refractivity contribution in [2.45, 2.75) is 17.0 Å². The third kappa shape index (κ3) is 6.24. The summed E-state index contributed by atoms with van der Waals surface area (Å²) in [5.41, 5.74) is 2.01. The first-order valence-corrected chi connectivity index (χ1v) is 13.7. The van der Waals surface area contributed by atoms with Crippen LogP contribution in [0.15, 0.2) is 82.8 Å². The van der Waals surface area contributed by atoms with E-state index >= 15 is 0 Å². The number of aromatic nitrogens is 3. The van der Waals surface area contributed by atoms with E-state index in [1.54, 1.807) is 12.1 Å². The van der Waals surface area contributed by atoms with Crippen molar-refractivity contribution in [3.63, 3.8) is 0 Å². The van der Waals surface area contributed by atoms with E-state index in [9.17, 15) is 13.2 Å². The number of ether oxygens (including phenoxy) is 1. The number of carbonyl (C=O) groups is 1. The zero-order chi connectivity index (χ0) is 25.7. The van der Waals surface area contributed by atoms with Gasteiger partial charge in [-0.25, -0.2) is 13.6 Å². The summed E-state index contributed by atoms with van der Waals surface area (Å²) >= 11 is 7.41. The van der Waals surface area contributed by atoms with Crippen LogP contribution in [-0.4, -0.2) is 41.4 Å². The van der Waals surface area contributed by atoms with Crippen LogP contribution >= 0.6 is 23.4 Å². The molecule has 12 heteroatoms. The number of sulfonamides is 1. The molecule has 1 aromatic heterocycles. The summed E-state index contributed by atoms with van der Waals surface area (Å²) in [5.74, 6) is 1.06. The molecule has 1 amide bonds. The van der Waals surface area contributed by atoms with Crippen molar-refractivity contribution in [2.24, 2.45) is 5.14 Å². The Bertz CT molecular complexity index is 1470. The number of thioether (sulfide) groups is 1. The summed E-state index contributed by atoms with van der Waals surface area (Å²) < 4.78 is 30.2. The topological polar surface area (TPSA) is 129 Å². The molecule has 9 nitrogen and oxygen atoms in total. The van der Waals surface area contributed by atoms with Gasteiger partial charge in [-0.05, 0) is 67.6 Å². The summed E-state index contributed by atoms with van der Waals surface area (Å²) in [4.78, 5) is 12.6. The van der Waals surface area contributed by atoms with Gasteiger partial charge in [-0.15, -0.1) is 10.2 Å². The Morgan fingerprint density at radius 2 is 1.81 bits per heavy atom. The number of anilines is 1. The minimum absolute atomic E-state index is 0.0353. The summed E-state index contributed by atoms with van der Waals surface area (Å²) in [6.07, 6.45) is 0. The molecular formula is C24H22ClN5O4S2. The minimum atomic E-state index is -3.81. The van der Waals surface area contributed by atoms with Crippen LogP contribution in [0.3, 0.4) is 0 Å². The first kappa shape index (κ1) is 25.7. The second kappa shape index (κ2) is 11.1. The highest BCUT2D eigenvalue weighted by atomic mass is 35.5. The standard InChI is InChI=1S/C24H22ClN5O4S2/c1-2-34-20-10-8-19(9-11-20)30-23(16-4-3-5-17(25)14-16)28-29-24(30)35-15-22(31)27-18-6-12-21(13-7-18)36(26,32)33/h3-14H,2,15H2,1H3,(H,27,31)(H2,26,32,33). The van der Waals surface area contributed by atoms with Gasteiger partial charge in [-0.2, -0.15) is 0 Å². The van der Waals surface area contributed by atoms with Gasteiger partial charge in [-0.1, -0.05) is 35.5 Å². The first-order chi connectivity index (χ1) is 17.2. The smallest absolute Gasteiger partial charge is 0.238 e. The molecule has 36 heavy (non-hydrogen) atoms. The second-order valence-electron chi connectivity index (χ2n) is 7.49. The molecule has 0 saturated carbocycles. The van der Waals surface area contributed by atoms with Gasteiger partial charge in [0.15, 0.2) is 11.0 Å². The highest BCUT2D eigenvalue weighted by Gasteiger charge is 2.18. The van der Waals surface area contributed by atoms with Crippen molar-refractivity contribution in [3.05, 3.63) is 77.8 Å². The Kier molecular flexibility index (Phi) is 7.94. The lowest BCUT2D eigenvalue weighted by atomic mass is 10.2. The van der Waals surface area contributed by atoms with Crippen molar-refractivity contribution in [1.29, 1.82) is 0 Å². The Morgan fingerprint density at radius 3 is 2.44 bits per heavy atom. The highest BCUT2D eigenvalue weighted by Crippen LogP contribution is 2.30. The number of nitrogens with one attached hydrogen (secondary N) is 1. The van der Waals surface area contributed by atoms with E-state index in [2.05, 4.69) is 15.5 Å². The number of primary sulfonamides is 1. The molecule has 0 fully saturated rings. The highest BCUT2D eigenvalue weighted by molar-refractivity contribution is 7.99. The van der Waals surface area contributed by atoms with Crippen LogP contribution in [0, 0.1) is 0 Å². The number of nitrogens with two attached hydrogens (primary N) is 1. The van der Waals surface area contributed by atoms with Gasteiger partial charge in [0.05, 0.1) is 17.3 Å². The number of nitrogens with zero attached hydrogens (tertiary/aromatic N) is 3. The molecule has 1 heterocycles. The number of halogens is 1. The average molecular weight is 544 g/mol. The summed E-state index contributed by atoms with van der Waals surface area (Å²) in [6.45, 7) is 2.47. The predicted octanol–water partition coefficient (Wildman–Crippen LogP) is 4.36. The van der Waals surface area contributed by atoms with Crippen LogP contribution in [-0.2, 0) is 14.8 Å². The number of carbonyl (C=O) groups excluding carboxylic acids is 1. The van der Waals surface area contributed by atoms with Crippen LogP contribution in [0.1, 0.15) is 6.92 Å². The lowest BCUT2D eigenvalue weighted by Gasteiger charge is -2.12. The molecule has 0 saturated heterocycles.